The molecule has 4 rings (SSSR count). The first kappa shape index (κ1) is 17.9. The van der Waals surface area contributed by atoms with Gasteiger partial charge < -0.3 is 20.4 Å². The maximum absolute atomic E-state index is 13.3. The summed E-state index contributed by atoms with van der Waals surface area (Å²) < 4.78 is 20.5. The Labute approximate surface area is 160 Å². The molecular formula is C19H19ClFN3O3. The lowest BCUT2D eigenvalue weighted by Crippen LogP contribution is -2.18. The normalized spacial score (nSPS) is 18.3. The summed E-state index contributed by atoms with van der Waals surface area (Å²) in [6, 6.07) is 4.04. The van der Waals surface area contributed by atoms with Gasteiger partial charge in [-0.1, -0.05) is 11.6 Å². The molecule has 0 aliphatic heterocycles. The third-order valence-electron chi connectivity index (χ3n) is 5.18. The quantitative estimate of drug-likeness (QED) is 0.824. The number of nitrogens with zero attached hydrogens (tertiary/aromatic N) is 1. The Balaban J connectivity index is 1.70. The van der Waals surface area contributed by atoms with E-state index >= 15 is 0 Å². The minimum atomic E-state index is -0.814. The molecule has 142 valence electrons. The fraction of sp³-hybridized carbons (Fsp3) is 0.368. The predicted octanol–water partition coefficient (Wildman–Crippen LogP) is 4.03. The lowest BCUT2D eigenvalue weighted by molar-refractivity contribution is 0.101. The van der Waals surface area contributed by atoms with E-state index in [2.05, 4.69) is 5.32 Å². The number of fused-ring (bicyclic) bond motifs is 1. The third kappa shape index (κ3) is 3.16. The van der Waals surface area contributed by atoms with Crippen LogP contribution in [0.5, 0.6) is 0 Å². The minimum Gasteiger partial charge on any atom is -0.441 e. The van der Waals surface area contributed by atoms with Crippen molar-refractivity contribution in [2.45, 2.75) is 37.7 Å². The highest BCUT2D eigenvalue weighted by Gasteiger charge is 2.41. The van der Waals surface area contributed by atoms with Crippen LogP contribution in [0.2, 0.25) is 5.02 Å². The van der Waals surface area contributed by atoms with Crippen molar-refractivity contribution in [3.05, 3.63) is 51.6 Å². The highest BCUT2D eigenvalue weighted by Crippen LogP contribution is 2.49. The number of halogens is 2. The molecule has 1 aromatic heterocycles. The predicted molar refractivity (Wildman–Crippen MR) is 98.5 cm³/mol. The van der Waals surface area contributed by atoms with Gasteiger partial charge in [-0.15, -0.1) is 0 Å². The highest BCUT2D eigenvalue weighted by atomic mass is 35.5. The SMILES string of the molecule is Cn1c(C(=O)Nc2ccc(F)c(Cl)c2)c2c(c1C1CC1)C(OC(N)=O)CC2. The molecule has 0 saturated heterocycles. The molecule has 0 bridgehead atoms. The van der Waals surface area contributed by atoms with Crippen LogP contribution in [0.4, 0.5) is 14.9 Å². The molecule has 1 saturated carbocycles. The van der Waals surface area contributed by atoms with Gasteiger partial charge in [0.2, 0.25) is 0 Å². The molecule has 2 aliphatic rings. The summed E-state index contributed by atoms with van der Waals surface area (Å²) in [6.45, 7) is 0. The number of aromatic nitrogens is 1. The van der Waals surface area contributed by atoms with Crippen LogP contribution in [-0.4, -0.2) is 16.6 Å². The van der Waals surface area contributed by atoms with Crippen LogP contribution in [0, 0.1) is 5.82 Å². The van der Waals surface area contributed by atoms with Gasteiger partial charge in [0.05, 0.1) is 5.02 Å². The average Bonchev–Trinajstić information content (AvgIpc) is 3.29. The summed E-state index contributed by atoms with van der Waals surface area (Å²) in [5, 5.41) is 2.72. The maximum Gasteiger partial charge on any atom is 0.405 e. The summed E-state index contributed by atoms with van der Waals surface area (Å²) >= 11 is 5.80. The highest BCUT2D eigenvalue weighted by molar-refractivity contribution is 6.31. The van der Waals surface area contributed by atoms with E-state index in [0.717, 1.165) is 29.7 Å². The van der Waals surface area contributed by atoms with Gasteiger partial charge in [0.15, 0.2) is 0 Å². The number of hydrogen-bond donors (Lipinski definition) is 2. The lowest BCUT2D eigenvalue weighted by Gasteiger charge is -2.14. The van der Waals surface area contributed by atoms with Crippen molar-refractivity contribution in [2.24, 2.45) is 12.8 Å². The Kier molecular flexibility index (Phi) is 4.34. The van der Waals surface area contributed by atoms with E-state index in [9.17, 15) is 14.0 Å². The van der Waals surface area contributed by atoms with Gasteiger partial charge in [0.1, 0.15) is 17.6 Å². The van der Waals surface area contributed by atoms with Crippen LogP contribution >= 0.6 is 11.6 Å². The zero-order valence-corrected chi connectivity index (χ0v) is 15.5. The molecule has 8 heteroatoms. The first-order valence-corrected chi connectivity index (χ1v) is 9.18. The molecular weight excluding hydrogens is 373 g/mol. The van der Waals surface area contributed by atoms with Gasteiger partial charge >= 0.3 is 6.09 Å². The summed E-state index contributed by atoms with van der Waals surface area (Å²) in [7, 11) is 1.85. The molecule has 0 radical (unpaired) electrons. The van der Waals surface area contributed by atoms with E-state index in [0.29, 0.717) is 30.1 Å². The van der Waals surface area contributed by atoms with E-state index in [1.54, 1.807) is 0 Å². The summed E-state index contributed by atoms with van der Waals surface area (Å²) in [6.07, 6.45) is 2.09. The van der Waals surface area contributed by atoms with Gasteiger partial charge in [-0.2, -0.15) is 0 Å². The number of nitrogens with one attached hydrogen (secondary N) is 1. The van der Waals surface area contributed by atoms with Gasteiger partial charge in [0.25, 0.3) is 5.91 Å². The minimum absolute atomic E-state index is 0.0569. The molecule has 1 heterocycles. The number of rotatable bonds is 4. The molecule has 1 atom stereocenters. The first-order valence-electron chi connectivity index (χ1n) is 8.80. The average molecular weight is 392 g/mol. The zero-order valence-electron chi connectivity index (χ0n) is 14.7. The van der Waals surface area contributed by atoms with E-state index < -0.39 is 18.0 Å². The van der Waals surface area contributed by atoms with E-state index in [1.165, 1.54) is 18.2 Å². The molecule has 1 aromatic carbocycles. The molecule has 3 N–H and O–H groups in total. The van der Waals surface area contributed by atoms with E-state index in [4.69, 9.17) is 22.1 Å². The van der Waals surface area contributed by atoms with Crippen LogP contribution in [0.25, 0.3) is 0 Å². The first-order chi connectivity index (χ1) is 12.9. The number of anilines is 1. The number of benzene rings is 1. The van der Waals surface area contributed by atoms with Crippen LogP contribution in [0.15, 0.2) is 18.2 Å². The van der Waals surface area contributed by atoms with Gasteiger partial charge in [-0.05, 0) is 55.4 Å². The second-order valence-electron chi connectivity index (χ2n) is 7.01. The van der Waals surface area contributed by atoms with Gasteiger partial charge in [-0.3, -0.25) is 4.79 Å². The van der Waals surface area contributed by atoms with Crippen molar-refractivity contribution >= 4 is 29.3 Å². The largest absolute Gasteiger partial charge is 0.441 e. The topological polar surface area (TPSA) is 86.3 Å². The van der Waals surface area contributed by atoms with Crippen molar-refractivity contribution < 1.29 is 18.7 Å². The molecule has 2 aromatic rings. The van der Waals surface area contributed by atoms with Crippen LogP contribution in [-0.2, 0) is 18.2 Å². The lowest BCUT2D eigenvalue weighted by atomic mass is 10.1. The Morgan fingerprint density at radius 1 is 1.33 bits per heavy atom. The number of nitrogens with two attached hydrogens (primary N) is 1. The monoisotopic (exact) mass is 391 g/mol. The molecule has 2 amide bonds. The maximum atomic E-state index is 13.3. The summed E-state index contributed by atoms with van der Waals surface area (Å²) in [4.78, 5) is 24.2. The smallest absolute Gasteiger partial charge is 0.405 e. The summed E-state index contributed by atoms with van der Waals surface area (Å²) in [5.41, 5.74) is 9.00. The molecule has 27 heavy (non-hydrogen) atoms. The molecule has 2 aliphatic carbocycles. The number of ether oxygens (including phenoxy) is 1. The summed E-state index contributed by atoms with van der Waals surface area (Å²) in [5.74, 6) is -0.484. The molecule has 1 fully saturated rings. The van der Waals surface area contributed by atoms with Crippen molar-refractivity contribution in [3.63, 3.8) is 0 Å². The second kappa shape index (κ2) is 6.56. The van der Waals surface area contributed by atoms with Crippen molar-refractivity contribution in [2.75, 3.05) is 5.32 Å². The number of carbonyl (C=O) groups is 2. The van der Waals surface area contributed by atoms with Gasteiger partial charge in [0, 0.05) is 24.0 Å². The number of carbonyl (C=O) groups excluding carboxylic acids is 2. The van der Waals surface area contributed by atoms with Gasteiger partial charge in [-0.25, -0.2) is 9.18 Å². The number of amides is 2. The number of primary amides is 1. The van der Waals surface area contributed by atoms with Crippen LogP contribution in [0.1, 0.15) is 58.6 Å². The Bertz CT molecular complexity index is 952. The molecule has 6 nitrogen and oxygen atoms in total. The fourth-order valence-electron chi connectivity index (χ4n) is 3.98. The van der Waals surface area contributed by atoms with Crippen LogP contribution in [0.3, 0.4) is 0 Å². The van der Waals surface area contributed by atoms with Crippen molar-refractivity contribution in [1.82, 2.24) is 4.57 Å². The Morgan fingerprint density at radius 2 is 2.07 bits per heavy atom. The number of hydrogen-bond acceptors (Lipinski definition) is 3. The van der Waals surface area contributed by atoms with Crippen LogP contribution < -0.4 is 11.1 Å². The van der Waals surface area contributed by atoms with E-state index in [-0.39, 0.29) is 10.9 Å². The van der Waals surface area contributed by atoms with Crippen molar-refractivity contribution in [1.29, 1.82) is 0 Å². The second-order valence-corrected chi connectivity index (χ2v) is 7.41. The zero-order chi connectivity index (χ0) is 19.3. The van der Waals surface area contributed by atoms with Crippen molar-refractivity contribution in [3.8, 4) is 0 Å². The van der Waals surface area contributed by atoms with E-state index in [1.807, 2.05) is 11.6 Å². The Hall–Kier alpha value is -2.54. The molecule has 1 unspecified atom stereocenters. The standard InChI is InChI=1S/C19H19ClFN3O3/c1-24-16(9-2-3-9)15-11(5-7-14(15)27-19(22)26)17(24)18(25)23-10-4-6-13(21)12(20)8-10/h4,6,8-9,14H,2-3,5,7H2,1H3,(H2,22,26)(H,23,25). The molecule has 0 spiro atoms. The third-order valence-corrected chi connectivity index (χ3v) is 5.47. The Morgan fingerprint density at radius 3 is 2.70 bits per heavy atom. The fourth-order valence-corrected chi connectivity index (χ4v) is 4.16.